The number of hydrogen-bond acceptors (Lipinski definition) is 2. The van der Waals surface area contributed by atoms with Gasteiger partial charge in [0.1, 0.15) is 10.5 Å². The van der Waals surface area contributed by atoms with Crippen LogP contribution in [0.3, 0.4) is 0 Å². The first kappa shape index (κ1) is 11.1. The Morgan fingerprint density at radius 3 is 2.69 bits per heavy atom. The maximum absolute atomic E-state index is 5.28. The van der Waals surface area contributed by atoms with E-state index in [4.69, 9.17) is 12.2 Å². The van der Waals surface area contributed by atoms with Gasteiger partial charge in [0.05, 0.1) is 11.4 Å². The molecule has 0 aliphatic heterocycles. The number of aromatic amines is 2. The third-order valence-electron chi connectivity index (χ3n) is 2.59. The number of nitrogens with one attached hydrogen (secondary N) is 2. The van der Waals surface area contributed by atoms with Gasteiger partial charge in [-0.25, -0.2) is 4.98 Å². The molecule has 2 aromatic heterocycles. The molecule has 0 atom stereocenters. The Kier molecular flexibility index (Phi) is 2.92. The molecule has 0 unspecified atom stereocenters. The minimum absolute atomic E-state index is 0.344. The van der Waals surface area contributed by atoms with Crippen molar-refractivity contribution in [1.29, 1.82) is 0 Å². The summed E-state index contributed by atoms with van der Waals surface area (Å²) in [6.07, 6.45) is 1.90. The van der Waals surface area contributed by atoms with Gasteiger partial charge in [-0.3, -0.25) is 0 Å². The lowest BCUT2D eigenvalue weighted by Gasteiger charge is -2.10. The number of aromatic nitrogens is 3. The van der Waals surface area contributed by atoms with E-state index in [1.54, 1.807) is 0 Å². The second-order valence-electron chi connectivity index (χ2n) is 4.17. The van der Waals surface area contributed by atoms with Gasteiger partial charge in [-0.1, -0.05) is 26.1 Å². The monoisotopic (exact) mass is 233 g/mol. The maximum Gasteiger partial charge on any atom is 0.133 e. The van der Waals surface area contributed by atoms with Crippen molar-refractivity contribution in [1.82, 2.24) is 15.0 Å². The van der Waals surface area contributed by atoms with Crippen LogP contribution >= 0.6 is 12.2 Å². The summed E-state index contributed by atoms with van der Waals surface area (Å²) in [6, 6.07) is 4.00. The zero-order valence-electron chi connectivity index (χ0n) is 9.66. The fourth-order valence-electron chi connectivity index (χ4n) is 1.58. The van der Waals surface area contributed by atoms with Crippen molar-refractivity contribution in [3.8, 4) is 11.4 Å². The molecule has 4 heteroatoms. The Bertz CT molecular complexity index is 538. The van der Waals surface area contributed by atoms with Gasteiger partial charge < -0.3 is 9.97 Å². The molecular weight excluding hydrogens is 218 g/mol. The van der Waals surface area contributed by atoms with Crippen LogP contribution in [0.2, 0.25) is 0 Å². The predicted molar refractivity (Wildman–Crippen MR) is 68.0 cm³/mol. The number of H-pyrrole nitrogens is 2. The summed E-state index contributed by atoms with van der Waals surface area (Å²) in [6.45, 7) is 6.19. The molecule has 0 spiro atoms. The highest BCUT2D eigenvalue weighted by Gasteiger charge is 2.09. The average Bonchev–Trinajstić information content (AvgIpc) is 2.74. The minimum Gasteiger partial charge on any atom is -0.360 e. The summed E-state index contributed by atoms with van der Waals surface area (Å²) < 4.78 is 0.673. The molecule has 84 valence electrons. The second-order valence-corrected chi connectivity index (χ2v) is 4.55. The SMILES string of the molecule is Cc1c(-c2ccc[nH]2)[nH]c(C(C)C)nc1=S. The molecule has 2 heterocycles. The van der Waals surface area contributed by atoms with Crippen LogP contribution in [0.4, 0.5) is 0 Å². The third kappa shape index (κ3) is 1.93. The van der Waals surface area contributed by atoms with E-state index in [1.165, 1.54) is 0 Å². The Labute approximate surface area is 100.0 Å². The van der Waals surface area contributed by atoms with Gasteiger partial charge in [0.25, 0.3) is 0 Å². The first-order valence-corrected chi connectivity index (χ1v) is 5.75. The normalized spacial score (nSPS) is 11.0. The van der Waals surface area contributed by atoms with Gasteiger partial charge >= 0.3 is 0 Å². The standard InChI is InChI=1S/C12H15N3S/c1-7(2)11-14-10(8(3)12(16)15-11)9-5-4-6-13-9/h4-7,13H,1-3H3,(H,14,15,16). The van der Waals surface area contributed by atoms with E-state index in [9.17, 15) is 0 Å². The summed E-state index contributed by atoms with van der Waals surface area (Å²) in [7, 11) is 0. The van der Waals surface area contributed by atoms with Crippen LogP contribution in [-0.4, -0.2) is 15.0 Å². The molecule has 2 rings (SSSR count). The first-order chi connectivity index (χ1) is 7.59. The molecule has 2 aromatic rings. The van der Waals surface area contributed by atoms with Gasteiger partial charge in [-0.2, -0.15) is 0 Å². The number of rotatable bonds is 2. The van der Waals surface area contributed by atoms with Crippen molar-refractivity contribution in [3.05, 3.63) is 34.4 Å². The van der Waals surface area contributed by atoms with Crippen LogP contribution in [0.15, 0.2) is 18.3 Å². The summed E-state index contributed by atoms with van der Waals surface area (Å²) >= 11 is 5.28. The molecule has 16 heavy (non-hydrogen) atoms. The lowest BCUT2D eigenvalue weighted by molar-refractivity contribution is 0.769. The average molecular weight is 233 g/mol. The number of nitrogens with zero attached hydrogens (tertiary/aromatic N) is 1. The van der Waals surface area contributed by atoms with Crippen LogP contribution in [0.25, 0.3) is 11.4 Å². The molecule has 0 saturated heterocycles. The van der Waals surface area contributed by atoms with E-state index in [-0.39, 0.29) is 0 Å². The first-order valence-electron chi connectivity index (χ1n) is 5.34. The van der Waals surface area contributed by atoms with Crippen molar-refractivity contribution >= 4 is 12.2 Å². The fraction of sp³-hybridized carbons (Fsp3) is 0.333. The van der Waals surface area contributed by atoms with Crippen molar-refractivity contribution in [2.75, 3.05) is 0 Å². The molecular formula is C12H15N3S. The van der Waals surface area contributed by atoms with E-state index in [2.05, 4.69) is 28.8 Å². The van der Waals surface area contributed by atoms with Gasteiger partial charge in [0.2, 0.25) is 0 Å². The number of hydrogen-bond donors (Lipinski definition) is 2. The van der Waals surface area contributed by atoms with E-state index in [0.717, 1.165) is 22.8 Å². The van der Waals surface area contributed by atoms with E-state index < -0.39 is 0 Å². The largest absolute Gasteiger partial charge is 0.360 e. The van der Waals surface area contributed by atoms with Crippen molar-refractivity contribution < 1.29 is 0 Å². The maximum atomic E-state index is 5.28. The smallest absolute Gasteiger partial charge is 0.133 e. The quantitative estimate of drug-likeness (QED) is 0.779. The summed E-state index contributed by atoms with van der Waals surface area (Å²) in [5.41, 5.74) is 3.10. The van der Waals surface area contributed by atoms with Crippen LogP contribution in [-0.2, 0) is 0 Å². The molecule has 0 aliphatic carbocycles. The molecule has 0 amide bonds. The van der Waals surface area contributed by atoms with Crippen LogP contribution in [0.5, 0.6) is 0 Å². The summed E-state index contributed by atoms with van der Waals surface area (Å²) in [5, 5.41) is 0. The highest BCUT2D eigenvalue weighted by atomic mass is 32.1. The lowest BCUT2D eigenvalue weighted by Crippen LogP contribution is -2.02. The zero-order chi connectivity index (χ0) is 11.7. The second kappa shape index (κ2) is 4.22. The van der Waals surface area contributed by atoms with Crippen molar-refractivity contribution in [2.45, 2.75) is 26.7 Å². The summed E-state index contributed by atoms with van der Waals surface area (Å²) in [5.74, 6) is 1.27. The minimum atomic E-state index is 0.344. The van der Waals surface area contributed by atoms with Crippen molar-refractivity contribution in [3.63, 3.8) is 0 Å². The Balaban J connectivity index is 2.65. The van der Waals surface area contributed by atoms with E-state index in [1.807, 2.05) is 25.3 Å². The van der Waals surface area contributed by atoms with Crippen LogP contribution < -0.4 is 0 Å². The Morgan fingerprint density at radius 1 is 1.38 bits per heavy atom. The highest BCUT2D eigenvalue weighted by molar-refractivity contribution is 7.71. The molecule has 0 bridgehead atoms. The third-order valence-corrected chi connectivity index (χ3v) is 2.98. The Morgan fingerprint density at radius 2 is 2.12 bits per heavy atom. The molecule has 0 saturated carbocycles. The zero-order valence-corrected chi connectivity index (χ0v) is 10.5. The molecule has 0 radical (unpaired) electrons. The molecule has 0 fully saturated rings. The van der Waals surface area contributed by atoms with E-state index in [0.29, 0.717) is 10.6 Å². The van der Waals surface area contributed by atoms with Gasteiger partial charge in [-0.05, 0) is 19.1 Å². The van der Waals surface area contributed by atoms with E-state index >= 15 is 0 Å². The fourth-order valence-corrected chi connectivity index (χ4v) is 1.78. The van der Waals surface area contributed by atoms with Gasteiger partial charge in [0, 0.05) is 17.7 Å². The Hall–Kier alpha value is -1.42. The van der Waals surface area contributed by atoms with Crippen molar-refractivity contribution in [2.24, 2.45) is 0 Å². The van der Waals surface area contributed by atoms with Gasteiger partial charge in [-0.15, -0.1) is 0 Å². The molecule has 0 aliphatic rings. The summed E-state index contributed by atoms with van der Waals surface area (Å²) in [4.78, 5) is 10.9. The van der Waals surface area contributed by atoms with Crippen LogP contribution in [0, 0.1) is 11.6 Å². The topological polar surface area (TPSA) is 44.5 Å². The highest BCUT2D eigenvalue weighted by Crippen LogP contribution is 2.21. The predicted octanol–water partition coefficient (Wildman–Crippen LogP) is 3.57. The molecule has 0 aromatic carbocycles. The lowest BCUT2D eigenvalue weighted by atomic mass is 10.1. The molecule has 2 N–H and O–H groups in total. The van der Waals surface area contributed by atoms with Crippen LogP contribution in [0.1, 0.15) is 31.2 Å². The van der Waals surface area contributed by atoms with Gasteiger partial charge in [0.15, 0.2) is 0 Å². The molecule has 3 nitrogen and oxygen atoms in total.